The van der Waals surface area contributed by atoms with Gasteiger partial charge in [-0.2, -0.15) is 0 Å². The summed E-state index contributed by atoms with van der Waals surface area (Å²) in [6.45, 7) is 9.92. The third-order valence-corrected chi connectivity index (χ3v) is 2.12. The summed E-state index contributed by atoms with van der Waals surface area (Å²) in [7, 11) is 0. The molecule has 0 aromatic rings. The Morgan fingerprint density at radius 3 is 2.72 bits per heavy atom. The summed E-state index contributed by atoms with van der Waals surface area (Å²) in [5, 5.41) is 0. The molecule has 1 aliphatic rings. The van der Waals surface area contributed by atoms with Gasteiger partial charge in [-0.15, -0.1) is 6.58 Å². The van der Waals surface area contributed by atoms with Gasteiger partial charge in [-0.25, -0.2) is 9.59 Å². The van der Waals surface area contributed by atoms with Crippen LogP contribution in [0.1, 0.15) is 20.8 Å². The smallest absolute Gasteiger partial charge is 0.410 e. The molecule has 0 aliphatic carbocycles. The van der Waals surface area contributed by atoms with Crippen LogP contribution in [-0.2, 0) is 14.3 Å². The number of nitrogens with zero attached hydrogens (tertiary/aromatic N) is 1. The van der Waals surface area contributed by atoms with Crippen molar-refractivity contribution in [2.45, 2.75) is 26.4 Å². The largest absolute Gasteiger partial charge is 0.458 e. The molecule has 0 aromatic carbocycles. The SMILES string of the molecule is C=CCN(CC1=CC(=O)OC1)C(=O)OC(C)(C)C. The van der Waals surface area contributed by atoms with Gasteiger partial charge in [0.15, 0.2) is 0 Å². The summed E-state index contributed by atoms with van der Waals surface area (Å²) in [6, 6.07) is 0. The number of carbonyl (C=O) groups excluding carboxylic acids is 2. The first-order valence-corrected chi connectivity index (χ1v) is 5.77. The van der Waals surface area contributed by atoms with E-state index in [2.05, 4.69) is 6.58 Å². The molecule has 5 nitrogen and oxygen atoms in total. The van der Waals surface area contributed by atoms with Crippen molar-refractivity contribution in [1.29, 1.82) is 0 Å². The third-order valence-electron chi connectivity index (χ3n) is 2.12. The van der Waals surface area contributed by atoms with E-state index in [0.29, 0.717) is 13.1 Å². The zero-order valence-corrected chi connectivity index (χ0v) is 11.1. The average molecular weight is 253 g/mol. The van der Waals surface area contributed by atoms with Gasteiger partial charge in [-0.05, 0) is 26.3 Å². The van der Waals surface area contributed by atoms with Gasteiger partial charge in [-0.1, -0.05) is 6.08 Å². The number of esters is 1. The number of carbonyl (C=O) groups is 2. The highest BCUT2D eigenvalue weighted by atomic mass is 16.6. The highest BCUT2D eigenvalue weighted by molar-refractivity contribution is 5.85. The number of ether oxygens (including phenoxy) is 2. The molecule has 1 aliphatic heterocycles. The van der Waals surface area contributed by atoms with Crippen molar-refractivity contribution in [2.75, 3.05) is 19.7 Å². The maximum Gasteiger partial charge on any atom is 0.410 e. The highest BCUT2D eigenvalue weighted by Gasteiger charge is 2.23. The lowest BCUT2D eigenvalue weighted by molar-refractivity contribution is -0.134. The summed E-state index contributed by atoms with van der Waals surface area (Å²) < 4.78 is 10.1. The van der Waals surface area contributed by atoms with E-state index >= 15 is 0 Å². The average Bonchev–Trinajstić information content (AvgIpc) is 2.61. The highest BCUT2D eigenvalue weighted by Crippen LogP contribution is 2.13. The van der Waals surface area contributed by atoms with Crippen LogP contribution in [0, 0.1) is 0 Å². The van der Waals surface area contributed by atoms with Gasteiger partial charge in [0, 0.05) is 19.2 Å². The van der Waals surface area contributed by atoms with E-state index in [9.17, 15) is 9.59 Å². The van der Waals surface area contributed by atoms with Crippen molar-refractivity contribution < 1.29 is 19.1 Å². The Morgan fingerprint density at radius 1 is 1.61 bits per heavy atom. The molecular formula is C13H19NO4. The van der Waals surface area contributed by atoms with Crippen LogP contribution in [0.4, 0.5) is 4.79 Å². The molecule has 0 saturated heterocycles. The molecule has 0 saturated carbocycles. The van der Waals surface area contributed by atoms with E-state index in [0.717, 1.165) is 5.57 Å². The Kier molecular flexibility index (Phi) is 4.53. The Balaban J connectivity index is 2.64. The maximum atomic E-state index is 11.9. The summed E-state index contributed by atoms with van der Waals surface area (Å²) in [6.07, 6.45) is 2.59. The van der Waals surface area contributed by atoms with Gasteiger partial charge in [0.2, 0.25) is 0 Å². The third kappa shape index (κ3) is 4.61. The van der Waals surface area contributed by atoms with Crippen molar-refractivity contribution in [3.63, 3.8) is 0 Å². The molecule has 0 atom stereocenters. The van der Waals surface area contributed by atoms with Gasteiger partial charge < -0.3 is 14.4 Å². The Morgan fingerprint density at radius 2 is 2.28 bits per heavy atom. The summed E-state index contributed by atoms with van der Waals surface area (Å²) in [4.78, 5) is 24.3. The topological polar surface area (TPSA) is 55.8 Å². The second-order valence-corrected chi connectivity index (χ2v) is 5.06. The lowest BCUT2D eigenvalue weighted by Crippen LogP contribution is -2.38. The molecule has 18 heavy (non-hydrogen) atoms. The Labute approximate surface area is 107 Å². The molecule has 0 radical (unpaired) electrons. The van der Waals surface area contributed by atoms with E-state index < -0.39 is 11.7 Å². The predicted octanol–water partition coefficient (Wildman–Crippen LogP) is 1.89. The van der Waals surface area contributed by atoms with Crippen LogP contribution in [0.15, 0.2) is 24.3 Å². The molecule has 0 unspecified atom stereocenters. The minimum atomic E-state index is -0.549. The van der Waals surface area contributed by atoms with Crippen LogP contribution in [0.2, 0.25) is 0 Å². The lowest BCUT2D eigenvalue weighted by atomic mass is 10.2. The van der Waals surface area contributed by atoms with Crippen molar-refractivity contribution in [3.05, 3.63) is 24.3 Å². The van der Waals surface area contributed by atoms with E-state index in [-0.39, 0.29) is 12.6 Å². The van der Waals surface area contributed by atoms with Gasteiger partial charge in [0.05, 0.1) is 0 Å². The second-order valence-electron chi connectivity index (χ2n) is 5.06. The fourth-order valence-corrected chi connectivity index (χ4v) is 1.44. The first-order chi connectivity index (χ1) is 8.31. The van der Waals surface area contributed by atoms with E-state index in [4.69, 9.17) is 9.47 Å². The standard InChI is InChI=1S/C13H19NO4/c1-5-6-14(12(16)18-13(2,3)4)8-10-7-11(15)17-9-10/h5,7H,1,6,8-9H2,2-4H3. The molecule has 5 heteroatoms. The van der Waals surface area contributed by atoms with Crippen LogP contribution >= 0.6 is 0 Å². The van der Waals surface area contributed by atoms with Crippen LogP contribution in [0.3, 0.4) is 0 Å². The number of cyclic esters (lactones) is 1. The molecule has 0 spiro atoms. The van der Waals surface area contributed by atoms with Gasteiger partial charge >= 0.3 is 12.1 Å². The lowest BCUT2D eigenvalue weighted by Gasteiger charge is -2.26. The summed E-state index contributed by atoms with van der Waals surface area (Å²) in [5.41, 5.74) is 0.208. The first kappa shape index (κ1) is 14.3. The van der Waals surface area contributed by atoms with Crippen LogP contribution in [0.25, 0.3) is 0 Å². The van der Waals surface area contributed by atoms with E-state index in [1.807, 2.05) is 0 Å². The molecule has 100 valence electrons. The minimum absolute atomic E-state index is 0.231. The van der Waals surface area contributed by atoms with Crippen molar-refractivity contribution >= 4 is 12.1 Å². The zero-order valence-electron chi connectivity index (χ0n) is 11.1. The van der Waals surface area contributed by atoms with Crippen LogP contribution in [-0.4, -0.2) is 42.3 Å². The molecular weight excluding hydrogens is 234 g/mol. The van der Waals surface area contributed by atoms with Gasteiger partial charge in [-0.3, -0.25) is 0 Å². The fourth-order valence-electron chi connectivity index (χ4n) is 1.44. The maximum absolute atomic E-state index is 11.9. The molecule has 1 heterocycles. The first-order valence-electron chi connectivity index (χ1n) is 5.77. The monoisotopic (exact) mass is 253 g/mol. The predicted molar refractivity (Wildman–Crippen MR) is 67.0 cm³/mol. The Hall–Kier alpha value is -1.78. The zero-order chi connectivity index (χ0) is 13.8. The fraction of sp³-hybridized carbons (Fsp3) is 0.538. The molecule has 1 amide bonds. The van der Waals surface area contributed by atoms with Crippen molar-refractivity contribution in [2.24, 2.45) is 0 Å². The van der Waals surface area contributed by atoms with Crippen molar-refractivity contribution in [1.82, 2.24) is 4.90 Å². The second kappa shape index (κ2) is 5.71. The normalized spacial score (nSPS) is 14.8. The molecule has 0 N–H and O–H groups in total. The Bertz CT molecular complexity index is 379. The van der Waals surface area contributed by atoms with E-state index in [1.54, 1.807) is 26.8 Å². The summed E-state index contributed by atoms with van der Waals surface area (Å²) >= 11 is 0. The number of rotatable bonds is 4. The summed E-state index contributed by atoms with van der Waals surface area (Å²) in [5.74, 6) is -0.368. The number of hydrogen-bond acceptors (Lipinski definition) is 4. The van der Waals surface area contributed by atoms with Gasteiger partial charge in [0.25, 0.3) is 0 Å². The quantitative estimate of drug-likeness (QED) is 0.567. The number of hydrogen-bond donors (Lipinski definition) is 0. The molecule has 1 rings (SSSR count). The van der Waals surface area contributed by atoms with Crippen LogP contribution in [0.5, 0.6) is 0 Å². The van der Waals surface area contributed by atoms with Crippen molar-refractivity contribution in [3.8, 4) is 0 Å². The van der Waals surface area contributed by atoms with E-state index in [1.165, 1.54) is 11.0 Å². The molecule has 0 bridgehead atoms. The molecule has 0 fully saturated rings. The van der Waals surface area contributed by atoms with Gasteiger partial charge in [0.1, 0.15) is 12.2 Å². The molecule has 0 aromatic heterocycles. The van der Waals surface area contributed by atoms with Crippen LogP contribution < -0.4 is 0 Å². The number of amides is 1. The minimum Gasteiger partial charge on any atom is -0.458 e.